The quantitative estimate of drug-likeness (QED) is 0.713. The summed E-state index contributed by atoms with van der Waals surface area (Å²) in [4.78, 5) is 21.3. The highest BCUT2D eigenvalue weighted by atomic mass is 19.1. The number of nitrogens with zero attached hydrogens (tertiary/aromatic N) is 3. The number of rotatable bonds is 1. The summed E-state index contributed by atoms with van der Waals surface area (Å²) >= 11 is 0. The minimum Gasteiger partial charge on any atom is -0.407 e. The van der Waals surface area contributed by atoms with Gasteiger partial charge in [-0.1, -0.05) is 0 Å². The number of benzene rings is 1. The zero-order valence-corrected chi connectivity index (χ0v) is 9.35. The number of nitrogens with one attached hydrogen (secondary N) is 1. The maximum absolute atomic E-state index is 13.5. The molecule has 1 aromatic carbocycles. The normalized spacial score (nSPS) is 10.5. The van der Waals surface area contributed by atoms with Crippen LogP contribution in [-0.2, 0) is 0 Å². The average molecular weight is 256 g/mol. The van der Waals surface area contributed by atoms with Gasteiger partial charge in [-0.3, -0.25) is 9.97 Å². The van der Waals surface area contributed by atoms with Crippen molar-refractivity contribution in [2.24, 2.45) is 0 Å². The van der Waals surface area contributed by atoms with E-state index in [0.29, 0.717) is 11.3 Å². The molecule has 3 rings (SSSR count). The van der Waals surface area contributed by atoms with Crippen molar-refractivity contribution in [1.82, 2.24) is 15.0 Å². The summed E-state index contributed by atoms with van der Waals surface area (Å²) in [5.41, 5.74) is 1.02. The fourth-order valence-corrected chi connectivity index (χ4v) is 1.73. The van der Waals surface area contributed by atoms with Crippen LogP contribution < -0.4 is 5.76 Å². The number of H-pyrrole nitrogens is 1. The Bertz CT molecular complexity index is 858. The molecular weight excluding hydrogens is 251 g/mol. The topological polar surface area (TPSA) is 95.6 Å². The summed E-state index contributed by atoms with van der Waals surface area (Å²) in [6.45, 7) is 0. The van der Waals surface area contributed by atoms with Crippen LogP contribution in [0.3, 0.4) is 0 Å². The molecule has 2 heterocycles. The number of hydrogen-bond donors (Lipinski definition) is 1. The Morgan fingerprint density at radius 2 is 2.16 bits per heavy atom. The van der Waals surface area contributed by atoms with Gasteiger partial charge in [-0.25, -0.2) is 14.2 Å². The molecule has 6 nitrogen and oxygen atoms in total. The van der Waals surface area contributed by atoms with Crippen LogP contribution in [0.15, 0.2) is 33.7 Å². The Morgan fingerprint density at radius 1 is 1.32 bits per heavy atom. The van der Waals surface area contributed by atoms with Crippen LogP contribution in [0.2, 0.25) is 0 Å². The molecule has 0 radical (unpaired) electrons. The molecule has 0 unspecified atom stereocenters. The summed E-state index contributed by atoms with van der Waals surface area (Å²) in [5, 5.41) is 8.64. The Labute approximate surface area is 105 Å². The Hall–Kier alpha value is -3.01. The predicted molar refractivity (Wildman–Crippen MR) is 62.5 cm³/mol. The highest BCUT2D eigenvalue weighted by Crippen LogP contribution is 2.26. The Balaban J connectivity index is 2.27. The third-order valence-electron chi connectivity index (χ3n) is 2.57. The van der Waals surface area contributed by atoms with Crippen molar-refractivity contribution in [3.8, 4) is 17.3 Å². The molecule has 0 atom stereocenters. The van der Waals surface area contributed by atoms with Crippen molar-refractivity contribution in [2.45, 2.75) is 0 Å². The lowest BCUT2D eigenvalue weighted by molar-refractivity contribution is 0.556. The van der Waals surface area contributed by atoms with Gasteiger partial charge in [0.2, 0.25) is 0 Å². The van der Waals surface area contributed by atoms with Crippen molar-refractivity contribution < 1.29 is 8.81 Å². The van der Waals surface area contributed by atoms with E-state index in [1.165, 1.54) is 24.5 Å². The van der Waals surface area contributed by atoms with Gasteiger partial charge in [0, 0.05) is 5.56 Å². The molecule has 2 aromatic heterocycles. The third kappa shape index (κ3) is 1.75. The van der Waals surface area contributed by atoms with Crippen LogP contribution in [0.1, 0.15) is 5.69 Å². The molecule has 3 aromatic rings. The molecular formula is C12H5FN4O2. The number of nitriles is 1. The fraction of sp³-hybridized carbons (Fsp3) is 0. The van der Waals surface area contributed by atoms with Crippen molar-refractivity contribution in [3.05, 3.63) is 46.6 Å². The van der Waals surface area contributed by atoms with E-state index in [4.69, 9.17) is 9.68 Å². The molecule has 0 spiro atoms. The molecule has 0 aliphatic heterocycles. The zero-order valence-electron chi connectivity index (χ0n) is 9.35. The maximum Gasteiger partial charge on any atom is 0.417 e. The van der Waals surface area contributed by atoms with Crippen LogP contribution in [0.4, 0.5) is 4.39 Å². The van der Waals surface area contributed by atoms with Gasteiger partial charge in [-0.2, -0.15) is 5.26 Å². The Kier molecular flexibility index (Phi) is 2.35. The first kappa shape index (κ1) is 11.1. The van der Waals surface area contributed by atoms with Crippen molar-refractivity contribution in [1.29, 1.82) is 5.26 Å². The number of oxazole rings is 1. The molecule has 0 aliphatic rings. The van der Waals surface area contributed by atoms with Crippen LogP contribution in [0, 0.1) is 17.1 Å². The highest BCUT2D eigenvalue weighted by Gasteiger charge is 2.14. The summed E-state index contributed by atoms with van der Waals surface area (Å²) in [6.07, 6.45) is 2.65. The van der Waals surface area contributed by atoms with E-state index in [-0.39, 0.29) is 16.8 Å². The lowest BCUT2D eigenvalue weighted by atomic mass is 10.1. The number of hydrogen-bond acceptors (Lipinski definition) is 5. The van der Waals surface area contributed by atoms with Crippen LogP contribution in [0.5, 0.6) is 0 Å². The molecule has 1 N–H and O–H groups in total. The lowest BCUT2D eigenvalue weighted by Gasteiger charge is -2.01. The van der Waals surface area contributed by atoms with Crippen molar-refractivity contribution in [3.63, 3.8) is 0 Å². The van der Waals surface area contributed by atoms with Gasteiger partial charge in [0.1, 0.15) is 11.6 Å². The second-order valence-corrected chi connectivity index (χ2v) is 3.71. The second kappa shape index (κ2) is 4.03. The fourth-order valence-electron chi connectivity index (χ4n) is 1.73. The molecule has 92 valence electrons. The van der Waals surface area contributed by atoms with E-state index in [1.807, 2.05) is 6.07 Å². The maximum atomic E-state index is 13.5. The molecule has 0 amide bonds. The van der Waals surface area contributed by atoms with E-state index >= 15 is 0 Å². The van der Waals surface area contributed by atoms with Gasteiger partial charge in [0.25, 0.3) is 0 Å². The molecule has 0 bridgehead atoms. The van der Waals surface area contributed by atoms with E-state index in [2.05, 4.69) is 15.0 Å². The minimum atomic E-state index is -0.747. The SMILES string of the molecule is N#Cc1cnc(-c2ccc(F)c3[nH]c(=O)oc23)cn1. The smallest absolute Gasteiger partial charge is 0.407 e. The molecule has 0 aliphatic carbocycles. The largest absolute Gasteiger partial charge is 0.417 e. The summed E-state index contributed by atoms with van der Waals surface area (Å²) < 4.78 is 18.4. The molecule has 7 heteroatoms. The van der Waals surface area contributed by atoms with E-state index in [9.17, 15) is 9.18 Å². The van der Waals surface area contributed by atoms with Gasteiger partial charge >= 0.3 is 5.76 Å². The average Bonchev–Trinajstić information content (AvgIpc) is 2.82. The van der Waals surface area contributed by atoms with E-state index in [1.54, 1.807) is 0 Å². The van der Waals surface area contributed by atoms with Crippen molar-refractivity contribution >= 4 is 11.1 Å². The van der Waals surface area contributed by atoms with Crippen LogP contribution >= 0.6 is 0 Å². The first-order valence-electron chi connectivity index (χ1n) is 5.23. The number of aromatic nitrogens is 3. The molecule has 19 heavy (non-hydrogen) atoms. The summed E-state index contributed by atoms with van der Waals surface area (Å²) in [6, 6.07) is 4.48. The van der Waals surface area contributed by atoms with Gasteiger partial charge in [-0.15, -0.1) is 0 Å². The van der Waals surface area contributed by atoms with Crippen LogP contribution in [0.25, 0.3) is 22.4 Å². The number of fused-ring (bicyclic) bond motifs is 1. The first-order valence-corrected chi connectivity index (χ1v) is 5.23. The molecule has 0 saturated heterocycles. The highest BCUT2D eigenvalue weighted by molar-refractivity contribution is 5.88. The van der Waals surface area contributed by atoms with E-state index < -0.39 is 11.6 Å². The van der Waals surface area contributed by atoms with E-state index in [0.717, 1.165) is 0 Å². The molecule has 0 fully saturated rings. The van der Waals surface area contributed by atoms with Gasteiger partial charge < -0.3 is 4.42 Å². The van der Waals surface area contributed by atoms with Gasteiger partial charge in [-0.05, 0) is 12.1 Å². The Morgan fingerprint density at radius 3 is 2.84 bits per heavy atom. The van der Waals surface area contributed by atoms with Gasteiger partial charge in [0.15, 0.2) is 17.1 Å². The number of aromatic amines is 1. The first-order chi connectivity index (χ1) is 9.19. The summed E-state index contributed by atoms with van der Waals surface area (Å²) in [5.74, 6) is -1.34. The van der Waals surface area contributed by atoms with Crippen LogP contribution in [-0.4, -0.2) is 15.0 Å². The minimum absolute atomic E-state index is 0.0198. The molecule has 0 saturated carbocycles. The summed E-state index contributed by atoms with van der Waals surface area (Å²) in [7, 11) is 0. The zero-order chi connectivity index (χ0) is 13.4. The van der Waals surface area contributed by atoms with Crippen molar-refractivity contribution in [2.75, 3.05) is 0 Å². The predicted octanol–water partition coefficient (Wildman–Crippen LogP) is 1.59. The second-order valence-electron chi connectivity index (χ2n) is 3.71. The number of halogens is 1. The standard InChI is InChI=1S/C12H5FN4O2/c13-8-2-1-7(11-10(8)17-12(18)19-11)9-5-15-6(3-14)4-16-9/h1-2,4-5H,(H,17,18). The third-order valence-corrected chi connectivity index (χ3v) is 2.57. The van der Waals surface area contributed by atoms with Gasteiger partial charge in [0.05, 0.1) is 18.1 Å². The monoisotopic (exact) mass is 256 g/mol. The lowest BCUT2D eigenvalue weighted by Crippen LogP contribution is -1.93.